The first-order valence-corrected chi connectivity index (χ1v) is 6.15. The molecule has 0 saturated carbocycles. The Balaban J connectivity index is 2.27. The number of fused-ring (bicyclic) bond motifs is 2. The Morgan fingerprint density at radius 3 is 2.17 bits per heavy atom. The lowest BCUT2D eigenvalue weighted by atomic mass is 9.71. The fourth-order valence-corrected chi connectivity index (χ4v) is 2.79. The second-order valence-corrected chi connectivity index (χ2v) is 4.98. The summed E-state index contributed by atoms with van der Waals surface area (Å²) in [5, 5.41) is 0. The first-order valence-electron chi connectivity index (χ1n) is 6.15. The maximum absolute atomic E-state index is 12.5. The molecule has 0 aliphatic heterocycles. The molecule has 2 nitrogen and oxygen atoms in total. The molecule has 0 amide bonds. The van der Waals surface area contributed by atoms with Gasteiger partial charge in [-0.05, 0) is 25.0 Å². The van der Waals surface area contributed by atoms with E-state index in [9.17, 15) is 9.59 Å². The lowest BCUT2D eigenvalue weighted by molar-refractivity contribution is 0.0801. The van der Waals surface area contributed by atoms with Crippen molar-refractivity contribution in [1.82, 2.24) is 0 Å². The highest BCUT2D eigenvalue weighted by Crippen LogP contribution is 2.36. The van der Waals surface area contributed by atoms with Crippen molar-refractivity contribution in [3.8, 4) is 0 Å². The van der Waals surface area contributed by atoms with Crippen molar-refractivity contribution in [2.45, 2.75) is 13.8 Å². The summed E-state index contributed by atoms with van der Waals surface area (Å²) in [7, 11) is 0. The van der Waals surface area contributed by atoms with E-state index in [0.717, 1.165) is 11.1 Å². The molecule has 2 aliphatic carbocycles. The minimum absolute atomic E-state index is 0.0679. The van der Waals surface area contributed by atoms with E-state index in [1.165, 1.54) is 0 Å². The molecule has 0 saturated heterocycles. The zero-order valence-electron chi connectivity index (χ0n) is 10.4. The van der Waals surface area contributed by atoms with Crippen LogP contribution in [0.25, 0.3) is 0 Å². The Kier molecular flexibility index (Phi) is 2.34. The van der Waals surface area contributed by atoms with Gasteiger partial charge in [0.1, 0.15) is 0 Å². The molecule has 2 aliphatic rings. The molecule has 1 aromatic carbocycles. The van der Waals surface area contributed by atoms with Crippen molar-refractivity contribution in [2.75, 3.05) is 0 Å². The summed E-state index contributed by atoms with van der Waals surface area (Å²) in [6, 6.07) is 3.71. The average Bonchev–Trinajstić information content (AvgIpc) is 2.39. The predicted octanol–water partition coefficient (Wildman–Crippen LogP) is 3.04. The summed E-state index contributed by atoms with van der Waals surface area (Å²) in [6.07, 6.45) is 7.37. The van der Waals surface area contributed by atoms with E-state index in [4.69, 9.17) is 0 Å². The maximum atomic E-state index is 12.5. The Labute approximate surface area is 106 Å². The van der Waals surface area contributed by atoms with Crippen LogP contribution in [0.5, 0.6) is 0 Å². The van der Waals surface area contributed by atoms with Crippen molar-refractivity contribution >= 4 is 11.6 Å². The summed E-state index contributed by atoms with van der Waals surface area (Å²) in [5.41, 5.74) is 3.21. The molecule has 18 heavy (non-hydrogen) atoms. The number of carbonyl (C=O) groups excluding carboxylic acids is 2. The molecule has 0 aromatic heterocycles. The van der Waals surface area contributed by atoms with E-state index in [-0.39, 0.29) is 23.4 Å². The number of allylic oxidation sites excluding steroid dienone is 4. The minimum atomic E-state index is -0.310. The number of aryl methyl sites for hydroxylation is 1. The molecule has 2 atom stereocenters. The number of hydrogen-bond donors (Lipinski definition) is 0. The van der Waals surface area contributed by atoms with Crippen molar-refractivity contribution in [1.29, 1.82) is 0 Å². The molecule has 0 radical (unpaired) electrons. The summed E-state index contributed by atoms with van der Waals surface area (Å²) in [4.78, 5) is 25.0. The van der Waals surface area contributed by atoms with Crippen molar-refractivity contribution in [2.24, 2.45) is 11.8 Å². The topological polar surface area (TPSA) is 34.1 Å². The van der Waals surface area contributed by atoms with Crippen LogP contribution < -0.4 is 0 Å². The molecular weight excluding hydrogens is 224 g/mol. The second-order valence-electron chi connectivity index (χ2n) is 4.98. The molecule has 0 heterocycles. The van der Waals surface area contributed by atoms with Gasteiger partial charge in [-0.25, -0.2) is 0 Å². The van der Waals surface area contributed by atoms with E-state index in [0.29, 0.717) is 11.1 Å². The van der Waals surface area contributed by atoms with Gasteiger partial charge >= 0.3 is 0 Å². The number of ketones is 2. The van der Waals surface area contributed by atoms with Crippen LogP contribution in [0, 0.1) is 25.7 Å². The SMILES string of the molecule is Cc1ccc2c(c1C)C(=O)C1C=CC=CC1C2=O. The van der Waals surface area contributed by atoms with E-state index in [1.807, 2.05) is 44.2 Å². The van der Waals surface area contributed by atoms with Crippen LogP contribution >= 0.6 is 0 Å². The molecule has 2 heteroatoms. The quantitative estimate of drug-likeness (QED) is 0.696. The molecule has 1 aromatic rings. The van der Waals surface area contributed by atoms with Crippen LogP contribution in [0.3, 0.4) is 0 Å². The van der Waals surface area contributed by atoms with Gasteiger partial charge in [0, 0.05) is 11.1 Å². The third-order valence-electron chi connectivity index (χ3n) is 3.99. The Morgan fingerprint density at radius 2 is 1.50 bits per heavy atom. The number of hydrogen-bond acceptors (Lipinski definition) is 2. The fourth-order valence-electron chi connectivity index (χ4n) is 2.79. The summed E-state index contributed by atoms with van der Waals surface area (Å²) < 4.78 is 0. The number of rotatable bonds is 0. The van der Waals surface area contributed by atoms with Crippen LogP contribution in [0.1, 0.15) is 31.8 Å². The lowest BCUT2D eigenvalue weighted by Gasteiger charge is -2.29. The zero-order valence-corrected chi connectivity index (χ0v) is 10.4. The minimum Gasteiger partial charge on any atom is -0.293 e. The van der Waals surface area contributed by atoms with Gasteiger partial charge < -0.3 is 0 Å². The Hall–Kier alpha value is -1.96. The summed E-state index contributed by atoms with van der Waals surface area (Å²) in [6.45, 7) is 3.89. The van der Waals surface area contributed by atoms with Crippen LogP contribution in [-0.2, 0) is 0 Å². The highest BCUT2D eigenvalue weighted by molar-refractivity contribution is 6.18. The van der Waals surface area contributed by atoms with Crippen molar-refractivity contribution in [3.05, 3.63) is 58.7 Å². The molecule has 0 spiro atoms. The highest BCUT2D eigenvalue weighted by atomic mass is 16.1. The van der Waals surface area contributed by atoms with Gasteiger partial charge in [0.05, 0.1) is 11.8 Å². The summed E-state index contributed by atoms with van der Waals surface area (Å²) >= 11 is 0. The standard InChI is InChI=1S/C16H14O2/c1-9-7-8-13-14(10(9)2)16(18)12-6-4-3-5-11(12)15(13)17/h3-8,11-12H,1-2H3. The Bertz CT molecular complexity index is 620. The van der Waals surface area contributed by atoms with E-state index in [2.05, 4.69) is 0 Å². The van der Waals surface area contributed by atoms with Gasteiger partial charge in [0.2, 0.25) is 0 Å². The molecule has 0 N–H and O–H groups in total. The molecular formula is C16H14O2. The van der Waals surface area contributed by atoms with E-state index >= 15 is 0 Å². The van der Waals surface area contributed by atoms with Gasteiger partial charge in [-0.1, -0.05) is 36.4 Å². The number of carbonyl (C=O) groups is 2. The van der Waals surface area contributed by atoms with Crippen molar-refractivity contribution in [3.63, 3.8) is 0 Å². The van der Waals surface area contributed by atoms with Gasteiger partial charge in [-0.3, -0.25) is 9.59 Å². The molecule has 90 valence electrons. The Morgan fingerprint density at radius 1 is 0.889 bits per heavy atom. The predicted molar refractivity (Wildman–Crippen MR) is 69.8 cm³/mol. The number of benzene rings is 1. The van der Waals surface area contributed by atoms with Crippen molar-refractivity contribution < 1.29 is 9.59 Å². The third kappa shape index (κ3) is 1.35. The third-order valence-corrected chi connectivity index (χ3v) is 3.99. The normalized spacial score (nSPS) is 25.0. The monoisotopic (exact) mass is 238 g/mol. The molecule has 0 fully saturated rings. The number of Topliss-reactive ketones (excluding diaryl/α,β-unsaturated/α-hetero) is 2. The average molecular weight is 238 g/mol. The van der Waals surface area contributed by atoms with Gasteiger partial charge in [0.25, 0.3) is 0 Å². The largest absolute Gasteiger partial charge is 0.293 e. The van der Waals surface area contributed by atoms with E-state index in [1.54, 1.807) is 6.07 Å². The van der Waals surface area contributed by atoms with Gasteiger partial charge in [-0.2, -0.15) is 0 Å². The van der Waals surface area contributed by atoms with Gasteiger partial charge in [0.15, 0.2) is 11.6 Å². The van der Waals surface area contributed by atoms with E-state index < -0.39 is 0 Å². The summed E-state index contributed by atoms with van der Waals surface area (Å²) in [5.74, 6) is -0.470. The molecule has 3 rings (SSSR count). The molecule has 2 unspecified atom stereocenters. The highest BCUT2D eigenvalue weighted by Gasteiger charge is 2.40. The molecule has 0 bridgehead atoms. The van der Waals surface area contributed by atoms with Crippen LogP contribution in [0.2, 0.25) is 0 Å². The first kappa shape index (κ1) is 11.1. The first-order chi connectivity index (χ1) is 8.61. The zero-order chi connectivity index (χ0) is 12.9. The second kappa shape index (κ2) is 3.77. The maximum Gasteiger partial charge on any atom is 0.171 e. The smallest absolute Gasteiger partial charge is 0.171 e. The van der Waals surface area contributed by atoms with Crippen LogP contribution in [0.15, 0.2) is 36.4 Å². The van der Waals surface area contributed by atoms with Crippen LogP contribution in [0.4, 0.5) is 0 Å². The van der Waals surface area contributed by atoms with Gasteiger partial charge in [-0.15, -0.1) is 0 Å². The fraction of sp³-hybridized carbons (Fsp3) is 0.250. The van der Waals surface area contributed by atoms with Crippen LogP contribution in [-0.4, -0.2) is 11.6 Å². The lowest BCUT2D eigenvalue weighted by Crippen LogP contribution is -2.36.